The Hall–Kier alpha value is -2.97. The third kappa shape index (κ3) is 4.08. The van der Waals surface area contributed by atoms with Gasteiger partial charge < -0.3 is 19.7 Å². The highest BCUT2D eigenvalue weighted by molar-refractivity contribution is 5.93. The van der Waals surface area contributed by atoms with Gasteiger partial charge in [-0.3, -0.25) is 4.90 Å². The van der Waals surface area contributed by atoms with Gasteiger partial charge >= 0.3 is 0 Å². The number of benzene rings is 2. The van der Waals surface area contributed by atoms with Crippen LogP contribution in [0.15, 0.2) is 36.7 Å². The molecule has 7 nitrogen and oxygen atoms in total. The van der Waals surface area contributed by atoms with Crippen molar-refractivity contribution in [2.45, 2.75) is 26.0 Å². The molecule has 2 aliphatic rings. The van der Waals surface area contributed by atoms with Gasteiger partial charge in [-0.05, 0) is 38.6 Å². The SMILES string of the molecule is Cc1cccc(Nc2ncnc3cc4c(cc23)O[C@@H](CN2CCN(C)C[C@H]2C)CO4)c1F. The molecule has 0 aliphatic carbocycles. The van der Waals surface area contributed by atoms with Crippen LogP contribution in [-0.2, 0) is 0 Å². The molecule has 0 unspecified atom stereocenters. The lowest BCUT2D eigenvalue weighted by Gasteiger charge is -2.40. The van der Waals surface area contributed by atoms with Crippen LogP contribution in [-0.4, -0.2) is 71.7 Å². The van der Waals surface area contributed by atoms with Crippen LogP contribution in [0.25, 0.3) is 10.9 Å². The standard InChI is InChI=1S/C24H28FN5O2/c1-15-5-4-6-19(23(15)25)28-24-18-9-22-21(10-20(18)26-14-27-24)31-13-17(32-22)12-30-8-7-29(3)11-16(30)2/h4-6,9-10,14,16-17H,7-8,11-13H2,1-3H3,(H,26,27,28)/t16-,17+/m1/s1. The highest BCUT2D eigenvalue weighted by atomic mass is 19.1. The molecule has 2 aromatic carbocycles. The molecule has 1 fully saturated rings. The first kappa shape index (κ1) is 20.9. The maximum absolute atomic E-state index is 14.5. The van der Waals surface area contributed by atoms with Crippen LogP contribution in [0.3, 0.4) is 0 Å². The second-order valence-electron chi connectivity index (χ2n) is 8.76. The number of piperazine rings is 1. The van der Waals surface area contributed by atoms with E-state index in [-0.39, 0.29) is 11.9 Å². The summed E-state index contributed by atoms with van der Waals surface area (Å²) in [5.74, 6) is 1.57. The Morgan fingerprint density at radius 2 is 2.06 bits per heavy atom. The monoisotopic (exact) mass is 437 g/mol. The van der Waals surface area contributed by atoms with Crippen molar-refractivity contribution < 1.29 is 13.9 Å². The predicted molar refractivity (Wildman–Crippen MR) is 122 cm³/mol. The first-order valence-corrected chi connectivity index (χ1v) is 11.0. The fourth-order valence-electron chi connectivity index (χ4n) is 4.44. The second kappa shape index (κ2) is 8.52. The second-order valence-corrected chi connectivity index (χ2v) is 8.76. The van der Waals surface area contributed by atoms with Crippen LogP contribution in [0.5, 0.6) is 11.5 Å². The number of fused-ring (bicyclic) bond motifs is 2. The van der Waals surface area contributed by atoms with Crippen LogP contribution >= 0.6 is 0 Å². The van der Waals surface area contributed by atoms with E-state index in [0.717, 1.165) is 31.6 Å². The van der Waals surface area contributed by atoms with Gasteiger partial charge in [0.25, 0.3) is 0 Å². The molecule has 3 heterocycles. The van der Waals surface area contributed by atoms with Gasteiger partial charge in [-0.1, -0.05) is 12.1 Å². The number of rotatable bonds is 4. The predicted octanol–water partition coefficient (Wildman–Crippen LogP) is 3.60. The molecule has 5 rings (SSSR count). The van der Waals surface area contributed by atoms with Crippen molar-refractivity contribution in [3.63, 3.8) is 0 Å². The minimum atomic E-state index is -0.293. The average Bonchev–Trinajstić information content (AvgIpc) is 2.78. The first-order valence-electron chi connectivity index (χ1n) is 11.0. The lowest BCUT2D eigenvalue weighted by molar-refractivity contribution is 0.0238. The van der Waals surface area contributed by atoms with Crippen molar-refractivity contribution in [1.82, 2.24) is 19.8 Å². The van der Waals surface area contributed by atoms with Crippen molar-refractivity contribution in [2.75, 3.05) is 45.2 Å². The van der Waals surface area contributed by atoms with Gasteiger partial charge in [-0.15, -0.1) is 0 Å². The molecule has 1 saturated heterocycles. The summed E-state index contributed by atoms with van der Waals surface area (Å²) >= 11 is 0. The van der Waals surface area contributed by atoms with Gasteiger partial charge in [-0.25, -0.2) is 14.4 Å². The lowest BCUT2D eigenvalue weighted by Crippen LogP contribution is -2.54. The minimum Gasteiger partial charge on any atom is -0.486 e. The fraction of sp³-hybridized carbons (Fsp3) is 0.417. The minimum absolute atomic E-state index is 0.0546. The molecule has 0 bridgehead atoms. The Morgan fingerprint density at radius 1 is 1.19 bits per heavy atom. The maximum Gasteiger partial charge on any atom is 0.163 e. The molecule has 168 valence electrons. The van der Waals surface area contributed by atoms with Crippen molar-refractivity contribution in [1.29, 1.82) is 0 Å². The highest BCUT2D eigenvalue weighted by Gasteiger charge is 2.28. The van der Waals surface area contributed by atoms with E-state index in [4.69, 9.17) is 9.47 Å². The Balaban J connectivity index is 1.40. The molecule has 2 atom stereocenters. The van der Waals surface area contributed by atoms with Crippen molar-refractivity contribution >= 4 is 22.4 Å². The summed E-state index contributed by atoms with van der Waals surface area (Å²) in [6.45, 7) is 8.44. The van der Waals surface area contributed by atoms with Gasteiger partial charge in [0.05, 0.1) is 11.2 Å². The molecule has 0 amide bonds. The van der Waals surface area contributed by atoms with E-state index in [0.29, 0.717) is 46.7 Å². The zero-order valence-corrected chi connectivity index (χ0v) is 18.6. The number of nitrogens with one attached hydrogen (secondary N) is 1. The van der Waals surface area contributed by atoms with Gasteiger partial charge in [0.2, 0.25) is 0 Å². The molecule has 32 heavy (non-hydrogen) atoms. The van der Waals surface area contributed by atoms with Crippen LogP contribution in [0.1, 0.15) is 12.5 Å². The summed E-state index contributed by atoms with van der Waals surface area (Å²) in [5.41, 5.74) is 1.66. The summed E-state index contributed by atoms with van der Waals surface area (Å²) < 4.78 is 26.9. The Bertz CT molecular complexity index is 1140. The Morgan fingerprint density at radius 3 is 2.91 bits per heavy atom. The highest BCUT2D eigenvalue weighted by Crippen LogP contribution is 2.38. The maximum atomic E-state index is 14.5. The molecule has 0 saturated carbocycles. The van der Waals surface area contributed by atoms with E-state index in [9.17, 15) is 4.39 Å². The van der Waals surface area contributed by atoms with Gasteiger partial charge in [0, 0.05) is 43.7 Å². The molecule has 2 aliphatic heterocycles. The van der Waals surface area contributed by atoms with Crippen LogP contribution in [0.4, 0.5) is 15.9 Å². The molecule has 1 N–H and O–H groups in total. The number of hydrogen-bond acceptors (Lipinski definition) is 7. The van der Waals surface area contributed by atoms with E-state index < -0.39 is 0 Å². The van der Waals surface area contributed by atoms with Crippen molar-refractivity contribution in [3.8, 4) is 11.5 Å². The van der Waals surface area contributed by atoms with Gasteiger partial charge in [0.15, 0.2) is 11.5 Å². The first-order chi connectivity index (χ1) is 15.5. The summed E-state index contributed by atoms with van der Waals surface area (Å²) in [6.07, 6.45) is 1.41. The molecule has 3 aromatic rings. The molecular weight excluding hydrogens is 409 g/mol. The summed E-state index contributed by atoms with van der Waals surface area (Å²) in [6, 6.07) is 9.47. The number of likely N-dealkylation sites (N-methyl/N-ethyl adjacent to an activating group) is 1. The number of hydrogen-bond donors (Lipinski definition) is 1. The normalized spacial score (nSPS) is 21.6. The average molecular weight is 438 g/mol. The molecular formula is C24H28FN5O2. The number of aryl methyl sites for hydroxylation is 1. The van der Waals surface area contributed by atoms with E-state index >= 15 is 0 Å². The van der Waals surface area contributed by atoms with E-state index in [1.165, 1.54) is 6.33 Å². The Kier molecular flexibility index (Phi) is 5.57. The zero-order chi connectivity index (χ0) is 22.2. The number of nitrogens with zero attached hydrogens (tertiary/aromatic N) is 4. The number of anilines is 2. The summed E-state index contributed by atoms with van der Waals surface area (Å²) in [4.78, 5) is 13.5. The molecule has 0 radical (unpaired) electrons. The van der Waals surface area contributed by atoms with Crippen LogP contribution < -0.4 is 14.8 Å². The quantitative estimate of drug-likeness (QED) is 0.669. The van der Waals surface area contributed by atoms with Gasteiger partial charge in [0.1, 0.15) is 30.7 Å². The third-order valence-electron chi connectivity index (χ3n) is 6.27. The van der Waals surface area contributed by atoms with E-state index in [1.807, 2.05) is 18.2 Å². The molecule has 1 aromatic heterocycles. The number of aromatic nitrogens is 2. The van der Waals surface area contributed by atoms with Crippen LogP contribution in [0, 0.1) is 12.7 Å². The van der Waals surface area contributed by atoms with Crippen molar-refractivity contribution in [2.24, 2.45) is 0 Å². The lowest BCUT2D eigenvalue weighted by atomic mass is 10.1. The summed E-state index contributed by atoms with van der Waals surface area (Å²) in [5, 5.41) is 3.87. The van der Waals surface area contributed by atoms with Gasteiger partial charge in [-0.2, -0.15) is 0 Å². The topological polar surface area (TPSA) is 62.8 Å². The summed E-state index contributed by atoms with van der Waals surface area (Å²) in [7, 11) is 2.16. The fourth-order valence-corrected chi connectivity index (χ4v) is 4.44. The zero-order valence-electron chi connectivity index (χ0n) is 18.6. The Labute approximate surface area is 187 Å². The largest absolute Gasteiger partial charge is 0.486 e. The number of ether oxygens (including phenoxy) is 2. The van der Waals surface area contributed by atoms with Crippen LogP contribution in [0.2, 0.25) is 0 Å². The van der Waals surface area contributed by atoms with Crippen molar-refractivity contribution in [3.05, 3.63) is 48.0 Å². The van der Waals surface area contributed by atoms with E-state index in [1.54, 1.807) is 19.1 Å². The third-order valence-corrected chi connectivity index (χ3v) is 6.27. The van der Waals surface area contributed by atoms with E-state index in [2.05, 4.69) is 39.1 Å². The number of halogens is 1. The molecule has 0 spiro atoms. The molecule has 8 heteroatoms. The smallest absolute Gasteiger partial charge is 0.163 e.